The molecule has 54 valence electrons. The summed E-state index contributed by atoms with van der Waals surface area (Å²) >= 11 is 0. The number of hydrogen-bond acceptors (Lipinski definition) is 0. The Morgan fingerprint density at radius 1 is 1.40 bits per heavy atom. The molecule has 0 aromatic rings. The van der Waals surface area contributed by atoms with Crippen LogP contribution >= 0.6 is 0 Å². The van der Waals surface area contributed by atoms with E-state index in [2.05, 4.69) is 6.92 Å². The van der Waals surface area contributed by atoms with Gasteiger partial charge in [0.1, 0.15) is 0 Å². The summed E-state index contributed by atoms with van der Waals surface area (Å²) in [5.74, 6) is 6.23. The number of rotatable bonds is 1. The highest BCUT2D eigenvalue weighted by atomic mass is 14.9. The topological polar surface area (TPSA) is 0 Å². The van der Waals surface area contributed by atoms with Crippen molar-refractivity contribution in [2.75, 3.05) is 0 Å². The Hall–Kier alpha value is 0. The Balaban J connectivity index is 1.81. The maximum atomic E-state index is 2.39. The van der Waals surface area contributed by atoms with Crippen LogP contribution in [-0.2, 0) is 0 Å². The summed E-state index contributed by atoms with van der Waals surface area (Å²) in [7, 11) is 0. The minimum absolute atomic E-state index is 1.00. The van der Waals surface area contributed by atoms with Crippen LogP contribution in [0.4, 0.5) is 0 Å². The Morgan fingerprint density at radius 2 is 2.30 bits per heavy atom. The Kier molecular flexibility index (Phi) is 0.479. The van der Waals surface area contributed by atoms with E-state index in [9.17, 15) is 0 Å². The van der Waals surface area contributed by atoms with Crippen molar-refractivity contribution < 1.29 is 0 Å². The molecule has 0 heteroatoms. The molecule has 4 rings (SSSR count). The van der Waals surface area contributed by atoms with Crippen molar-refractivity contribution in [1.29, 1.82) is 0 Å². The zero-order valence-corrected chi connectivity index (χ0v) is 6.51. The van der Waals surface area contributed by atoms with Crippen molar-refractivity contribution in [2.24, 2.45) is 35.0 Å². The van der Waals surface area contributed by atoms with Crippen molar-refractivity contribution in [3.63, 3.8) is 0 Å². The van der Waals surface area contributed by atoms with E-state index >= 15 is 0 Å². The van der Waals surface area contributed by atoms with Crippen molar-refractivity contribution in [3.8, 4) is 0 Å². The largest absolute Gasteiger partial charge is 0.0651 e. The Morgan fingerprint density at radius 3 is 2.80 bits per heavy atom. The normalized spacial score (nSPS) is 79.5. The van der Waals surface area contributed by atoms with Crippen LogP contribution in [0.1, 0.15) is 26.2 Å². The molecule has 0 radical (unpaired) electrons. The van der Waals surface area contributed by atoms with Gasteiger partial charge in [-0.3, -0.25) is 0 Å². The maximum Gasteiger partial charge on any atom is -0.0198 e. The van der Waals surface area contributed by atoms with Gasteiger partial charge in [0.05, 0.1) is 0 Å². The van der Waals surface area contributed by atoms with E-state index in [-0.39, 0.29) is 0 Å². The van der Waals surface area contributed by atoms with Gasteiger partial charge in [0.25, 0.3) is 0 Å². The van der Waals surface area contributed by atoms with Crippen LogP contribution in [0, 0.1) is 35.0 Å². The molecule has 0 heterocycles. The van der Waals surface area contributed by atoms with Crippen LogP contribution < -0.4 is 0 Å². The van der Waals surface area contributed by atoms with Crippen LogP contribution in [-0.4, -0.2) is 0 Å². The second-order valence-electron chi connectivity index (χ2n) is 5.03. The fraction of sp³-hybridized carbons (Fsp3) is 1.00. The van der Waals surface area contributed by atoms with E-state index in [0.717, 1.165) is 5.41 Å². The highest BCUT2D eigenvalue weighted by Gasteiger charge is 2.88. The lowest BCUT2D eigenvalue weighted by atomic mass is 9.78. The van der Waals surface area contributed by atoms with Gasteiger partial charge in [-0.2, -0.15) is 0 Å². The van der Waals surface area contributed by atoms with Gasteiger partial charge in [-0.25, -0.2) is 0 Å². The summed E-state index contributed by atoms with van der Waals surface area (Å²) < 4.78 is 0. The summed E-state index contributed by atoms with van der Waals surface area (Å²) in [6.45, 7) is 2.39. The van der Waals surface area contributed by atoms with Gasteiger partial charge < -0.3 is 0 Å². The van der Waals surface area contributed by atoms with E-state index in [0.29, 0.717) is 0 Å². The summed E-state index contributed by atoms with van der Waals surface area (Å²) in [6, 6.07) is 0. The molecule has 4 aliphatic carbocycles. The SMILES string of the molecule is CCC1C2C3CC12C1CC31. The van der Waals surface area contributed by atoms with Crippen LogP contribution in [0.5, 0.6) is 0 Å². The molecule has 0 aromatic heterocycles. The first-order valence-corrected chi connectivity index (χ1v) is 4.89. The molecule has 4 fully saturated rings. The lowest BCUT2D eigenvalue weighted by Crippen LogP contribution is -2.20. The average molecular weight is 134 g/mol. The average Bonchev–Trinajstić information content (AvgIpc) is 2.72. The van der Waals surface area contributed by atoms with Gasteiger partial charge >= 0.3 is 0 Å². The first-order chi connectivity index (χ1) is 4.89. The number of fused-ring (bicyclic) bond motifs is 2. The van der Waals surface area contributed by atoms with Gasteiger partial charge in [-0.15, -0.1) is 0 Å². The molecule has 2 bridgehead atoms. The minimum atomic E-state index is 1.00. The van der Waals surface area contributed by atoms with Crippen LogP contribution in [0.2, 0.25) is 0 Å². The smallest absolute Gasteiger partial charge is 0.0198 e. The van der Waals surface area contributed by atoms with E-state index in [1.54, 1.807) is 12.8 Å². The molecule has 0 N–H and O–H groups in total. The molecular weight excluding hydrogens is 120 g/mol. The number of hydrogen-bond donors (Lipinski definition) is 0. The molecule has 6 unspecified atom stereocenters. The fourth-order valence-electron chi connectivity index (χ4n) is 4.96. The van der Waals surface area contributed by atoms with Crippen molar-refractivity contribution in [1.82, 2.24) is 0 Å². The minimum Gasteiger partial charge on any atom is -0.0651 e. The molecule has 0 spiro atoms. The molecule has 4 aliphatic rings. The van der Waals surface area contributed by atoms with Gasteiger partial charge in [0.15, 0.2) is 0 Å². The second-order valence-corrected chi connectivity index (χ2v) is 5.03. The van der Waals surface area contributed by atoms with Gasteiger partial charge in [-0.1, -0.05) is 13.3 Å². The predicted molar refractivity (Wildman–Crippen MR) is 39.4 cm³/mol. The molecule has 0 nitrogen and oxygen atoms in total. The van der Waals surface area contributed by atoms with Crippen LogP contribution in [0.25, 0.3) is 0 Å². The summed E-state index contributed by atoms with van der Waals surface area (Å²) in [5, 5.41) is 0. The Labute approximate surface area is 62.0 Å². The fourth-order valence-corrected chi connectivity index (χ4v) is 4.96. The molecule has 0 aromatic carbocycles. The van der Waals surface area contributed by atoms with Crippen LogP contribution in [0.3, 0.4) is 0 Å². The summed E-state index contributed by atoms with van der Waals surface area (Å²) in [6.07, 6.45) is 4.79. The van der Waals surface area contributed by atoms with E-state index < -0.39 is 0 Å². The first kappa shape index (κ1) is 4.79. The Bertz CT molecular complexity index is 212. The van der Waals surface area contributed by atoms with Crippen molar-refractivity contribution in [3.05, 3.63) is 0 Å². The van der Waals surface area contributed by atoms with E-state index in [1.807, 2.05) is 0 Å². The molecule has 10 heavy (non-hydrogen) atoms. The van der Waals surface area contributed by atoms with Gasteiger partial charge in [-0.05, 0) is 47.8 Å². The highest BCUT2D eigenvalue weighted by molar-refractivity contribution is 5.36. The maximum absolute atomic E-state index is 2.39. The summed E-state index contributed by atoms with van der Waals surface area (Å²) in [5.41, 5.74) is 1.00. The zero-order chi connectivity index (χ0) is 6.51. The second kappa shape index (κ2) is 1.00. The monoisotopic (exact) mass is 134 g/mol. The predicted octanol–water partition coefficient (Wildman–Crippen LogP) is 2.30. The molecule has 0 amide bonds. The van der Waals surface area contributed by atoms with Crippen molar-refractivity contribution in [2.45, 2.75) is 26.2 Å². The molecular formula is C10H14. The lowest BCUT2D eigenvalue weighted by Gasteiger charge is -2.26. The molecule has 0 saturated heterocycles. The third-order valence-corrected chi connectivity index (χ3v) is 5.21. The first-order valence-electron chi connectivity index (χ1n) is 4.89. The van der Waals surface area contributed by atoms with Crippen LogP contribution in [0.15, 0.2) is 0 Å². The van der Waals surface area contributed by atoms with E-state index in [4.69, 9.17) is 0 Å². The molecule has 0 aliphatic heterocycles. The third kappa shape index (κ3) is 0.233. The zero-order valence-electron chi connectivity index (χ0n) is 6.51. The van der Waals surface area contributed by atoms with Gasteiger partial charge in [0, 0.05) is 0 Å². The lowest BCUT2D eigenvalue weighted by molar-refractivity contribution is 0.221. The molecule has 4 saturated carbocycles. The van der Waals surface area contributed by atoms with E-state index in [1.165, 1.54) is 36.0 Å². The third-order valence-electron chi connectivity index (χ3n) is 5.21. The highest BCUT2D eigenvalue weighted by Crippen LogP contribution is 2.94. The molecule has 6 atom stereocenters. The van der Waals surface area contributed by atoms with Crippen molar-refractivity contribution >= 4 is 0 Å². The quantitative estimate of drug-likeness (QED) is 0.516. The van der Waals surface area contributed by atoms with Gasteiger partial charge in [0.2, 0.25) is 0 Å². The summed E-state index contributed by atoms with van der Waals surface area (Å²) in [4.78, 5) is 0. The standard InChI is InChI=1S/C10H14/c1-2-7-9-6-4-10(7,9)8-3-5(6)8/h5-9H,2-4H2,1H3.